The van der Waals surface area contributed by atoms with Gasteiger partial charge in [-0.2, -0.15) is 0 Å². The normalized spacial score (nSPS) is 20.1. The van der Waals surface area contributed by atoms with Crippen molar-refractivity contribution in [2.75, 3.05) is 25.0 Å². The minimum atomic E-state index is 0.581. The average molecular weight is 248 g/mol. The smallest absolute Gasteiger partial charge is 0.206 e. The van der Waals surface area contributed by atoms with Crippen LogP contribution in [0.5, 0.6) is 0 Å². The number of likely N-dealkylation sites (N-methyl/N-ethyl adjacent to an activating group) is 1. The summed E-state index contributed by atoms with van der Waals surface area (Å²) in [5.41, 5.74) is 1.17. The summed E-state index contributed by atoms with van der Waals surface area (Å²) in [4.78, 5) is 7.15. The summed E-state index contributed by atoms with van der Waals surface area (Å²) in [7, 11) is 2.04. The number of aromatic nitrogens is 2. The van der Waals surface area contributed by atoms with Crippen LogP contribution in [0.2, 0.25) is 0 Å². The standard InChI is InChI=1S/C14H24N4/c1-4-8-17-10-12(5-2)16-14(17)18-9-6-7-13(11-18)15-3/h4,10,13,15H,1,5-9,11H2,2-3H3. The summed E-state index contributed by atoms with van der Waals surface area (Å²) in [5, 5.41) is 3.38. The van der Waals surface area contributed by atoms with Crippen molar-refractivity contribution in [3.05, 3.63) is 24.5 Å². The van der Waals surface area contributed by atoms with Crippen molar-refractivity contribution in [3.63, 3.8) is 0 Å². The first kappa shape index (κ1) is 13.1. The molecule has 1 aliphatic heterocycles. The van der Waals surface area contributed by atoms with Crippen LogP contribution in [0.3, 0.4) is 0 Å². The molecule has 4 nitrogen and oxygen atoms in total. The van der Waals surface area contributed by atoms with Gasteiger partial charge in [-0.05, 0) is 26.3 Å². The van der Waals surface area contributed by atoms with Gasteiger partial charge in [0.1, 0.15) is 0 Å². The molecular weight excluding hydrogens is 224 g/mol. The molecule has 4 heteroatoms. The lowest BCUT2D eigenvalue weighted by Crippen LogP contribution is -2.45. The highest BCUT2D eigenvalue weighted by Gasteiger charge is 2.22. The van der Waals surface area contributed by atoms with E-state index in [1.54, 1.807) is 0 Å². The lowest BCUT2D eigenvalue weighted by Gasteiger charge is -2.33. The van der Waals surface area contributed by atoms with E-state index in [1.165, 1.54) is 18.5 Å². The van der Waals surface area contributed by atoms with E-state index in [-0.39, 0.29) is 0 Å². The zero-order chi connectivity index (χ0) is 13.0. The van der Waals surface area contributed by atoms with Gasteiger partial charge in [0.05, 0.1) is 5.69 Å². The van der Waals surface area contributed by atoms with Crippen LogP contribution in [0.15, 0.2) is 18.9 Å². The molecule has 0 aromatic carbocycles. The van der Waals surface area contributed by atoms with Gasteiger partial charge in [-0.3, -0.25) is 0 Å². The third kappa shape index (κ3) is 2.75. The van der Waals surface area contributed by atoms with E-state index in [2.05, 4.69) is 34.5 Å². The second kappa shape index (κ2) is 6.05. The fraction of sp³-hybridized carbons (Fsp3) is 0.643. The van der Waals surface area contributed by atoms with Crippen molar-refractivity contribution >= 4 is 5.95 Å². The third-order valence-electron chi connectivity index (χ3n) is 3.61. The number of allylic oxidation sites excluding steroid dienone is 1. The molecule has 0 amide bonds. The zero-order valence-electron chi connectivity index (χ0n) is 11.5. The van der Waals surface area contributed by atoms with E-state index in [9.17, 15) is 0 Å². The molecule has 0 bridgehead atoms. The van der Waals surface area contributed by atoms with E-state index in [4.69, 9.17) is 4.98 Å². The summed E-state index contributed by atoms with van der Waals surface area (Å²) < 4.78 is 2.21. The number of nitrogens with one attached hydrogen (secondary N) is 1. The number of rotatable bonds is 5. The van der Waals surface area contributed by atoms with Crippen LogP contribution in [0.25, 0.3) is 0 Å². The van der Waals surface area contributed by atoms with E-state index in [1.807, 2.05) is 13.1 Å². The summed E-state index contributed by atoms with van der Waals surface area (Å²) in [6, 6.07) is 0.581. The van der Waals surface area contributed by atoms with Crippen LogP contribution in [0.1, 0.15) is 25.5 Å². The SMILES string of the molecule is C=CCn1cc(CC)nc1N1CCCC(NC)C1. The molecule has 1 unspecified atom stereocenters. The first-order valence-corrected chi connectivity index (χ1v) is 6.87. The molecule has 100 valence electrons. The Morgan fingerprint density at radius 3 is 3.11 bits per heavy atom. The van der Waals surface area contributed by atoms with Crippen LogP contribution in [0, 0.1) is 0 Å². The van der Waals surface area contributed by atoms with E-state index >= 15 is 0 Å². The molecule has 1 aromatic rings. The van der Waals surface area contributed by atoms with Gasteiger partial charge in [-0.15, -0.1) is 6.58 Å². The van der Waals surface area contributed by atoms with Crippen LogP contribution >= 0.6 is 0 Å². The number of piperidine rings is 1. The maximum atomic E-state index is 4.75. The minimum Gasteiger partial charge on any atom is -0.341 e. The van der Waals surface area contributed by atoms with Crippen LogP contribution < -0.4 is 10.2 Å². The highest BCUT2D eigenvalue weighted by molar-refractivity contribution is 5.35. The maximum absolute atomic E-state index is 4.75. The molecule has 2 heterocycles. The molecule has 1 aromatic heterocycles. The average Bonchev–Trinajstić information content (AvgIpc) is 2.82. The summed E-state index contributed by atoms with van der Waals surface area (Å²) >= 11 is 0. The van der Waals surface area contributed by atoms with Crippen molar-refractivity contribution < 1.29 is 0 Å². The summed E-state index contributed by atoms with van der Waals surface area (Å²) in [6.07, 6.45) is 7.56. The van der Waals surface area contributed by atoms with E-state index in [0.717, 1.165) is 32.0 Å². The Morgan fingerprint density at radius 2 is 2.44 bits per heavy atom. The number of nitrogens with zero attached hydrogens (tertiary/aromatic N) is 3. The largest absolute Gasteiger partial charge is 0.341 e. The molecule has 18 heavy (non-hydrogen) atoms. The van der Waals surface area contributed by atoms with Crippen LogP contribution in [0.4, 0.5) is 5.95 Å². The van der Waals surface area contributed by atoms with Gasteiger partial charge in [0.2, 0.25) is 5.95 Å². The Hall–Kier alpha value is -1.29. The van der Waals surface area contributed by atoms with Gasteiger partial charge in [0.15, 0.2) is 0 Å². The first-order valence-electron chi connectivity index (χ1n) is 6.87. The second-order valence-corrected chi connectivity index (χ2v) is 4.90. The molecule has 0 saturated carbocycles. The highest BCUT2D eigenvalue weighted by Crippen LogP contribution is 2.20. The van der Waals surface area contributed by atoms with Gasteiger partial charge < -0.3 is 14.8 Å². The molecule has 1 saturated heterocycles. The first-order chi connectivity index (χ1) is 8.78. The minimum absolute atomic E-state index is 0.581. The number of aryl methyl sites for hydroxylation is 1. The molecule has 0 spiro atoms. The Kier molecular flexibility index (Phi) is 4.42. The predicted octanol–water partition coefficient (Wildman–Crippen LogP) is 1.82. The van der Waals surface area contributed by atoms with Gasteiger partial charge in [-0.1, -0.05) is 13.0 Å². The fourth-order valence-corrected chi connectivity index (χ4v) is 2.55. The lowest BCUT2D eigenvalue weighted by atomic mass is 10.1. The van der Waals surface area contributed by atoms with Crippen LogP contribution in [-0.2, 0) is 13.0 Å². The predicted molar refractivity (Wildman–Crippen MR) is 76.1 cm³/mol. The van der Waals surface area contributed by atoms with Crippen molar-refractivity contribution in [2.45, 2.75) is 38.8 Å². The van der Waals surface area contributed by atoms with Crippen molar-refractivity contribution in [2.24, 2.45) is 0 Å². The van der Waals surface area contributed by atoms with E-state index < -0.39 is 0 Å². The molecule has 0 aliphatic carbocycles. The topological polar surface area (TPSA) is 33.1 Å². The molecular formula is C14H24N4. The molecule has 2 rings (SSSR count). The van der Waals surface area contributed by atoms with Gasteiger partial charge >= 0.3 is 0 Å². The third-order valence-corrected chi connectivity index (χ3v) is 3.61. The summed E-state index contributed by atoms with van der Waals surface area (Å²) in [6.45, 7) is 8.97. The van der Waals surface area contributed by atoms with Crippen molar-refractivity contribution in [1.29, 1.82) is 0 Å². The second-order valence-electron chi connectivity index (χ2n) is 4.90. The molecule has 1 atom stereocenters. The molecule has 1 N–H and O–H groups in total. The Balaban J connectivity index is 2.19. The van der Waals surface area contributed by atoms with Gasteiger partial charge in [0, 0.05) is 31.9 Å². The number of anilines is 1. The van der Waals surface area contributed by atoms with Gasteiger partial charge in [0.25, 0.3) is 0 Å². The number of imidazole rings is 1. The highest BCUT2D eigenvalue weighted by atomic mass is 15.3. The zero-order valence-corrected chi connectivity index (χ0v) is 11.5. The van der Waals surface area contributed by atoms with Crippen molar-refractivity contribution in [1.82, 2.24) is 14.9 Å². The van der Waals surface area contributed by atoms with Crippen LogP contribution in [-0.4, -0.2) is 35.7 Å². The van der Waals surface area contributed by atoms with Gasteiger partial charge in [-0.25, -0.2) is 4.98 Å². The Labute approximate surface area is 110 Å². The monoisotopic (exact) mass is 248 g/mol. The lowest BCUT2D eigenvalue weighted by molar-refractivity contribution is 0.442. The summed E-state index contributed by atoms with van der Waals surface area (Å²) in [5.74, 6) is 1.10. The maximum Gasteiger partial charge on any atom is 0.206 e. The van der Waals surface area contributed by atoms with Crippen molar-refractivity contribution in [3.8, 4) is 0 Å². The Bertz CT molecular complexity index is 396. The molecule has 0 radical (unpaired) electrons. The number of hydrogen-bond acceptors (Lipinski definition) is 3. The molecule has 1 fully saturated rings. The van der Waals surface area contributed by atoms with E-state index in [0.29, 0.717) is 6.04 Å². The fourth-order valence-electron chi connectivity index (χ4n) is 2.55. The molecule has 1 aliphatic rings. The number of hydrogen-bond donors (Lipinski definition) is 1. The Morgan fingerprint density at radius 1 is 1.61 bits per heavy atom. The quantitative estimate of drug-likeness (QED) is 0.807.